The fourth-order valence-corrected chi connectivity index (χ4v) is 2.24. The molecule has 0 saturated heterocycles. The fourth-order valence-electron chi connectivity index (χ4n) is 2.24. The van der Waals surface area contributed by atoms with Gasteiger partial charge in [0.15, 0.2) is 0 Å². The average molecular weight is 253 g/mol. The molecule has 1 N–H and O–H groups in total. The van der Waals surface area contributed by atoms with Crippen molar-refractivity contribution in [3.8, 4) is 0 Å². The van der Waals surface area contributed by atoms with Crippen LogP contribution < -0.4 is 5.32 Å². The summed E-state index contributed by atoms with van der Waals surface area (Å²) in [6.45, 7) is 7.49. The molecule has 2 aromatic carbocycles. The summed E-state index contributed by atoms with van der Waals surface area (Å²) in [6.07, 6.45) is 1.08. The van der Waals surface area contributed by atoms with Gasteiger partial charge >= 0.3 is 0 Å². The second-order valence-electron chi connectivity index (χ2n) is 5.40. The Morgan fingerprint density at radius 1 is 0.947 bits per heavy atom. The SMILES string of the molecule is Cc1ccc(CNC(C)Cc2ccccc2C)cc1. The summed E-state index contributed by atoms with van der Waals surface area (Å²) >= 11 is 0. The van der Waals surface area contributed by atoms with E-state index in [2.05, 4.69) is 74.6 Å². The first-order valence-electron chi connectivity index (χ1n) is 6.98. The maximum absolute atomic E-state index is 3.59. The zero-order valence-corrected chi connectivity index (χ0v) is 12.1. The van der Waals surface area contributed by atoms with Gasteiger partial charge in [0.2, 0.25) is 0 Å². The van der Waals surface area contributed by atoms with E-state index in [0.717, 1.165) is 13.0 Å². The minimum atomic E-state index is 0.488. The zero-order chi connectivity index (χ0) is 13.7. The largest absolute Gasteiger partial charge is 0.310 e. The molecule has 1 unspecified atom stereocenters. The first kappa shape index (κ1) is 13.8. The molecule has 1 atom stereocenters. The molecule has 0 fully saturated rings. The highest BCUT2D eigenvalue weighted by Crippen LogP contribution is 2.10. The summed E-state index contributed by atoms with van der Waals surface area (Å²) in [6, 6.07) is 17.8. The first-order valence-corrected chi connectivity index (χ1v) is 6.98. The Kier molecular flexibility index (Phi) is 4.75. The first-order chi connectivity index (χ1) is 9.15. The van der Waals surface area contributed by atoms with Crippen molar-refractivity contribution >= 4 is 0 Å². The van der Waals surface area contributed by atoms with Crippen LogP contribution in [0.25, 0.3) is 0 Å². The Labute approximate surface area is 116 Å². The van der Waals surface area contributed by atoms with E-state index < -0.39 is 0 Å². The summed E-state index contributed by atoms with van der Waals surface area (Å²) in [7, 11) is 0. The lowest BCUT2D eigenvalue weighted by Gasteiger charge is -2.15. The molecular formula is C18H23N. The van der Waals surface area contributed by atoms with Crippen LogP contribution in [0.4, 0.5) is 0 Å². The van der Waals surface area contributed by atoms with E-state index in [9.17, 15) is 0 Å². The van der Waals surface area contributed by atoms with Crippen molar-refractivity contribution < 1.29 is 0 Å². The summed E-state index contributed by atoms with van der Waals surface area (Å²) in [5, 5.41) is 3.59. The molecule has 2 rings (SSSR count). The predicted molar refractivity (Wildman–Crippen MR) is 82.4 cm³/mol. The lowest BCUT2D eigenvalue weighted by Crippen LogP contribution is -2.27. The van der Waals surface area contributed by atoms with Crippen molar-refractivity contribution in [3.63, 3.8) is 0 Å². The lowest BCUT2D eigenvalue weighted by molar-refractivity contribution is 0.544. The highest BCUT2D eigenvalue weighted by Gasteiger charge is 2.05. The number of benzene rings is 2. The number of hydrogen-bond acceptors (Lipinski definition) is 1. The molecule has 0 amide bonds. The molecule has 2 aromatic rings. The van der Waals surface area contributed by atoms with Crippen LogP contribution in [-0.2, 0) is 13.0 Å². The Balaban J connectivity index is 1.86. The summed E-state index contributed by atoms with van der Waals surface area (Å²) in [4.78, 5) is 0. The number of rotatable bonds is 5. The molecular weight excluding hydrogens is 230 g/mol. The Hall–Kier alpha value is -1.60. The molecule has 0 spiro atoms. The minimum absolute atomic E-state index is 0.488. The molecule has 0 bridgehead atoms. The molecule has 1 heteroatoms. The summed E-state index contributed by atoms with van der Waals surface area (Å²) in [5.41, 5.74) is 5.48. The van der Waals surface area contributed by atoms with Gasteiger partial charge in [0.05, 0.1) is 0 Å². The molecule has 0 aromatic heterocycles. The van der Waals surface area contributed by atoms with Crippen molar-refractivity contribution in [1.82, 2.24) is 5.32 Å². The van der Waals surface area contributed by atoms with E-state index in [-0.39, 0.29) is 0 Å². The monoisotopic (exact) mass is 253 g/mol. The van der Waals surface area contributed by atoms with Crippen molar-refractivity contribution in [2.24, 2.45) is 0 Å². The van der Waals surface area contributed by atoms with E-state index in [4.69, 9.17) is 0 Å². The van der Waals surface area contributed by atoms with Gasteiger partial charge in [-0.05, 0) is 43.9 Å². The number of nitrogens with one attached hydrogen (secondary N) is 1. The third-order valence-electron chi connectivity index (χ3n) is 3.56. The van der Waals surface area contributed by atoms with Gasteiger partial charge < -0.3 is 5.32 Å². The average Bonchev–Trinajstić information content (AvgIpc) is 2.41. The molecule has 19 heavy (non-hydrogen) atoms. The fraction of sp³-hybridized carbons (Fsp3) is 0.333. The van der Waals surface area contributed by atoms with E-state index in [1.807, 2.05) is 0 Å². The van der Waals surface area contributed by atoms with Gasteiger partial charge in [-0.1, -0.05) is 54.1 Å². The third kappa shape index (κ3) is 4.22. The Morgan fingerprint density at radius 2 is 1.63 bits per heavy atom. The highest BCUT2D eigenvalue weighted by molar-refractivity contribution is 5.26. The highest BCUT2D eigenvalue weighted by atomic mass is 14.9. The van der Waals surface area contributed by atoms with Gasteiger partial charge in [0.25, 0.3) is 0 Å². The van der Waals surface area contributed by atoms with Crippen LogP contribution in [0, 0.1) is 13.8 Å². The molecule has 0 heterocycles. The van der Waals surface area contributed by atoms with Crippen molar-refractivity contribution in [2.75, 3.05) is 0 Å². The molecule has 0 aliphatic carbocycles. The second-order valence-corrected chi connectivity index (χ2v) is 5.40. The van der Waals surface area contributed by atoms with Gasteiger partial charge in [-0.2, -0.15) is 0 Å². The van der Waals surface area contributed by atoms with Gasteiger partial charge in [0, 0.05) is 12.6 Å². The van der Waals surface area contributed by atoms with Crippen LogP contribution in [0.3, 0.4) is 0 Å². The van der Waals surface area contributed by atoms with Crippen molar-refractivity contribution in [2.45, 2.75) is 39.8 Å². The molecule has 0 aliphatic heterocycles. The van der Waals surface area contributed by atoms with Gasteiger partial charge in [0.1, 0.15) is 0 Å². The van der Waals surface area contributed by atoms with E-state index in [1.54, 1.807) is 0 Å². The molecule has 1 nitrogen and oxygen atoms in total. The van der Waals surface area contributed by atoms with Crippen molar-refractivity contribution in [3.05, 3.63) is 70.8 Å². The summed E-state index contributed by atoms with van der Waals surface area (Å²) in [5.74, 6) is 0. The van der Waals surface area contributed by atoms with Crippen LogP contribution >= 0.6 is 0 Å². The second kappa shape index (κ2) is 6.53. The van der Waals surface area contributed by atoms with Gasteiger partial charge in [-0.25, -0.2) is 0 Å². The summed E-state index contributed by atoms with van der Waals surface area (Å²) < 4.78 is 0. The number of hydrogen-bond donors (Lipinski definition) is 1. The molecule has 100 valence electrons. The quantitative estimate of drug-likeness (QED) is 0.848. The van der Waals surface area contributed by atoms with Gasteiger partial charge in [-0.15, -0.1) is 0 Å². The standard InChI is InChI=1S/C18H23N/c1-14-8-10-17(11-9-14)13-19-16(3)12-18-7-5-4-6-15(18)2/h4-11,16,19H,12-13H2,1-3H3. The molecule has 0 aliphatic rings. The Bertz CT molecular complexity index is 513. The maximum atomic E-state index is 3.59. The van der Waals surface area contributed by atoms with Crippen LogP contribution in [0.2, 0.25) is 0 Å². The van der Waals surface area contributed by atoms with Crippen LogP contribution in [-0.4, -0.2) is 6.04 Å². The Morgan fingerprint density at radius 3 is 2.32 bits per heavy atom. The van der Waals surface area contributed by atoms with Gasteiger partial charge in [-0.3, -0.25) is 0 Å². The smallest absolute Gasteiger partial charge is 0.0208 e. The van der Waals surface area contributed by atoms with E-state index in [1.165, 1.54) is 22.3 Å². The zero-order valence-electron chi connectivity index (χ0n) is 12.1. The van der Waals surface area contributed by atoms with Crippen LogP contribution in [0.1, 0.15) is 29.2 Å². The molecule has 0 radical (unpaired) electrons. The normalized spacial score (nSPS) is 12.4. The number of aryl methyl sites for hydroxylation is 2. The predicted octanol–water partition coefficient (Wildman–Crippen LogP) is 4.02. The van der Waals surface area contributed by atoms with Crippen LogP contribution in [0.15, 0.2) is 48.5 Å². The topological polar surface area (TPSA) is 12.0 Å². The van der Waals surface area contributed by atoms with E-state index >= 15 is 0 Å². The third-order valence-corrected chi connectivity index (χ3v) is 3.56. The van der Waals surface area contributed by atoms with Crippen LogP contribution in [0.5, 0.6) is 0 Å². The maximum Gasteiger partial charge on any atom is 0.0208 e. The van der Waals surface area contributed by atoms with Crippen molar-refractivity contribution in [1.29, 1.82) is 0 Å². The molecule has 0 saturated carbocycles. The lowest BCUT2D eigenvalue weighted by atomic mass is 10.0. The van der Waals surface area contributed by atoms with E-state index in [0.29, 0.717) is 6.04 Å². The minimum Gasteiger partial charge on any atom is -0.310 e.